The van der Waals surface area contributed by atoms with Gasteiger partial charge in [0.15, 0.2) is 0 Å². The fraction of sp³-hybridized carbons (Fsp3) is 0.333. The highest BCUT2D eigenvalue weighted by molar-refractivity contribution is 6.13. The van der Waals surface area contributed by atoms with E-state index in [0.717, 1.165) is 38.1 Å². The van der Waals surface area contributed by atoms with Crippen molar-refractivity contribution in [1.29, 1.82) is 0 Å². The van der Waals surface area contributed by atoms with Gasteiger partial charge in [-0.05, 0) is 24.5 Å². The first kappa shape index (κ1) is 13.5. The van der Waals surface area contributed by atoms with Gasteiger partial charge in [0.05, 0.1) is 4.92 Å². The van der Waals surface area contributed by atoms with E-state index in [1.54, 1.807) is 18.2 Å². The lowest BCUT2D eigenvalue weighted by molar-refractivity contribution is -0.384. The van der Waals surface area contributed by atoms with Gasteiger partial charge >= 0.3 is 0 Å². The maximum absolute atomic E-state index is 12.0. The summed E-state index contributed by atoms with van der Waals surface area (Å²) >= 11 is 0. The summed E-state index contributed by atoms with van der Waals surface area (Å²) < 4.78 is 0. The van der Waals surface area contributed by atoms with E-state index in [9.17, 15) is 14.9 Å². The Morgan fingerprint density at radius 2 is 2.14 bits per heavy atom. The van der Waals surface area contributed by atoms with E-state index in [1.165, 1.54) is 12.1 Å². The van der Waals surface area contributed by atoms with Gasteiger partial charge in [0.25, 0.3) is 11.6 Å². The lowest BCUT2D eigenvalue weighted by atomic mass is 10.1. The van der Waals surface area contributed by atoms with Gasteiger partial charge in [-0.1, -0.05) is 18.6 Å². The molecule has 1 aromatic carbocycles. The van der Waals surface area contributed by atoms with Crippen molar-refractivity contribution in [2.75, 3.05) is 6.54 Å². The average molecular weight is 285 g/mol. The van der Waals surface area contributed by atoms with Crippen molar-refractivity contribution in [3.05, 3.63) is 45.6 Å². The van der Waals surface area contributed by atoms with E-state index in [1.807, 2.05) is 4.90 Å². The molecule has 0 aliphatic carbocycles. The summed E-state index contributed by atoms with van der Waals surface area (Å²) in [5, 5.41) is 10.8. The van der Waals surface area contributed by atoms with Gasteiger partial charge in [-0.15, -0.1) is 0 Å². The Kier molecular flexibility index (Phi) is 3.51. The Hall–Kier alpha value is -2.50. The first-order valence-corrected chi connectivity index (χ1v) is 7.01. The summed E-state index contributed by atoms with van der Waals surface area (Å²) in [4.78, 5) is 28.5. The minimum atomic E-state index is -0.438. The Labute approximate surface area is 121 Å². The van der Waals surface area contributed by atoms with Crippen LogP contribution in [0.1, 0.15) is 31.2 Å². The van der Waals surface area contributed by atoms with Crippen molar-refractivity contribution in [3.63, 3.8) is 0 Å². The molecule has 1 fully saturated rings. The van der Waals surface area contributed by atoms with Gasteiger partial charge in [-0.3, -0.25) is 14.9 Å². The molecule has 3 rings (SSSR count). The summed E-state index contributed by atoms with van der Waals surface area (Å²) in [6.07, 6.45) is 5.72. The number of amidine groups is 1. The van der Waals surface area contributed by atoms with Gasteiger partial charge < -0.3 is 4.90 Å². The summed E-state index contributed by atoms with van der Waals surface area (Å²) in [7, 11) is 0. The molecule has 2 heterocycles. The number of benzene rings is 1. The van der Waals surface area contributed by atoms with Crippen LogP contribution in [0, 0.1) is 10.1 Å². The summed E-state index contributed by atoms with van der Waals surface area (Å²) in [6.45, 7) is 0.783. The van der Waals surface area contributed by atoms with Gasteiger partial charge in [-0.2, -0.15) is 4.99 Å². The minimum Gasteiger partial charge on any atom is -0.325 e. The summed E-state index contributed by atoms with van der Waals surface area (Å²) in [6, 6.07) is 6.28. The van der Waals surface area contributed by atoms with E-state index in [4.69, 9.17) is 0 Å². The third-order valence-corrected chi connectivity index (χ3v) is 3.72. The van der Waals surface area contributed by atoms with Crippen molar-refractivity contribution in [2.45, 2.75) is 25.7 Å². The van der Waals surface area contributed by atoms with Crippen LogP contribution in [0.2, 0.25) is 0 Å². The summed E-state index contributed by atoms with van der Waals surface area (Å²) in [5.41, 5.74) is 1.19. The van der Waals surface area contributed by atoms with Crippen molar-refractivity contribution >= 4 is 23.5 Å². The number of carbonyl (C=O) groups excluding carboxylic acids is 1. The van der Waals surface area contributed by atoms with Crippen LogP contribution >= 0.6 is 0 Å². The molecule has 6 heteroatoms. The van der Waals surface area contributed by atoms with Gasteiger partial charge in [-0.25, -0.2) is 0 Å². The molecule has 0 bridgehead atoms. The van der Waals surface area contributed by atoms with Crippen LogP contribution < -0.4 is 0 Å². The molecule has 1 amide bonds. The number of nitrogens with zero attached hydrogens (tertiary/aromatic N) is 3. The third-order valence-electron chi connectivity index (χ3n) is 3.72. The highest BCUT2D eigenvalue weighted by atomic mass is 16.6. The Morgan fingerprint density at radius 3 is 2.95 bits per heavy atom. The Balaban J connectivity index is 1.94. The van der Waals surface area contributed by atoms with Crippen molar-refractivity contribution in [2.24, 2.45) is 4.99 Å². The lowest BCUT2D eigenvalue weighted by Crippen LogP contribution is -2.26. The fourth-order valence-electron chi connectivity index (χ4n) is 2.69. The minimum absolute atomic E-state index is 0.0202. The number of nitro benzene ring substituents is 1. The molecule has 2 aliphatic rings. The molecule has 6 nitrogen and oxygen atoms in total. The predicted octanol–water partition coefficient (Wildman–Crippen LogP) is 2.75. The number of hydrogen-bond donors (Lipinski definition) is 0. The molecule has 2 aliphatic heterocycles. The van der Waals surface area contributed by atoms with Crippen LogP contribution in [0.15, 0.2) is 35.0 Å². The number of rotatable bonds is 2. The zero-order valence-corrected chi connectivity index (χ0v) is 11.5. The predicted molar refractivity (Wildman–Crippen MR) is 78.7 cm³/mol. The molecular weight excluding hydrogens is 270 g/mol. The molecule has 0 radical (unpaired) electrons. The molecular formula is C15H15N3O3. The highest BCUT2D eigenvalue weighted by Gasteiger charge is 2.29. The average Bonchev–Trinajstić information content (AvgIpc) is 2.65. The van der Waals surface area contributed by atoms with E-state index in [2.05, 4.69) is 4.99 Å². The highest BCUT2D eigenvalue weighted by Crippen LogP contribution is 2.26. The standard InChI is InChI=1S/C15H15N3O3/c19-15-13(17-8-3-1-2-7-14(17)16-15)10-11-5-4-6-12(9-11)18(20)21/h4-6,9-10H,1-3,7-8H2. The molecule has 21 heavy (non-hydrogen) atoms. The van der Waals surface area contributed by atoms with Gasteiger partial charge in [0, 0.05) is 25.1 Å². The topological polar surface area (TPSA) is 75.8 Å². The van der Waals surface area contributed by atoms with Crippen LogP contribution in [-0.4, -0.2) is 28.1 Å². The van der Waals surface area contributed by atoms with E-state index in [-0.39, 0.29) is 11.6 Å². The van der Waals surface area contributed by atoms with Crippen LogP contribution in [0.25, 0.3) is 6.08 Å². The lowest BCUT2D eigenvalue weighted by Gasteiger charge is -2.18. The maximum atomic E-state index is 12.0. The maximum Gasteiger partial charge on any atom is 0.295 e. The molecule has 0 aromatic heterocycles. The number of hydrogen-bond acceptors (Lipinski definition) is 4. The first-order valence-electron chi connectivity index (χ1n) is 7.01. The Morgan fingerprint density at radius 1 is 1.29 bits per heavy atom. The van der Waals surface area contributed by atoms with Crippen LogP contribution in [0.3, 0.4) is 0 Å². The third kappa shape index (κ3) is 2.69. The molecule has 0 atom stereocenters. The largest absolute Gasteiger partial charge is 0.325 e. The number of fused-ring (bicyclic) bond motifs is 1. The van der Waals surface area contributed by atoms with Crippen molar-refractivity contribution in [1.82, 2.24) is 4.90 Å². The van der Waals surface area contributed by atoms with Crippen LogP contribution in [-0.2, 0) is 4.79 Å². The summed E-state index contributed by atoms with van der Waals surface area (Å²) in [5.74, 6) is 0.576. The molecule has 0 N–H and O–H groups in total. The second-order valence-electron chi connectivity index (χ2n) is 5.18. The monoisotopic (exact) mass is 285 g/mol. The number of amides is 1. The number of aliphatic imine (C=N–C) groups is 1. The normalized spacial score (nSPS) is 20.2. The van der Waals surface area contributed by atoms with Gasteiger partial charge in [0.1, 0.15) is 11.5 Å². The first-order chi connectivity index (χ1) is 10.1. The Bertz CT molecular complexity index is 664. The zero-order valence-electron chi connectivity index (χ0n) is 11.5. The molecule has 1 aromatic rings. The number of nitro groups is 1. The molecule has 0 unspecified atom stereocenters. The number of non-ortho nitro benzene ring substituents is 1. The van der Waals surface area contributed by atoms with Gasteiger partial charge in [0.2, 0.25) is 0 Å². The number of carbonyl (C=O) groups is 1. The quantitative estimate of drug-likeness (QED) is 0.475. The SMILES string of the molecule is O=C1N=C2CCCCCN2C1=Cc1cccc([N+](=O)[O-])c1. The zero-order chi connectivity index (χ0) is 14.8. The van der Waals surface area contributed by atoms with Crippen LogP contribution in [0.5, 0.6) is 0 Å². The molecule has 0 spiro atoms. The molecule has 0 saturated carbocycles. The van der Waals surface area contributed by atoms with E-state index >= 15 is 0 Å². The van der Waals surface area contributed by atoms with E-state index in [0.29, 0.717) is 11.3 Å². The second-order valence-corrected chi connectivity index (χ2v) is 5.18. The fourth-order valence-corrected chi connectivity index (χ4v) is 2.69. The van der Waals surface area contributed by atoms with Crippen LogP contribution in [0.4, 0.5) is 5.69 Å². The van der Waals surface area contributed by atoms with Crippen molar-refractivity contribution in [3.8, 4) is 0 Å². The van der Waals surface area contributed by atoms with Crippen molar-refractivity contribution < 1.29 is 9.72 Å². The smallest absolute Gasteiger partial charge is 0.295 e. The second kappa shape index (κ2) is 5.47. The molecule has 108 valence electrons. The molecule has 1 saturated heterocycles. The van der Waals surface area contributed by atoms with E-state index < -0.39 is 4.92 Å².